The van der Waals surface area contributed by atoms with Crippen molar-refractivity contribution < 1.29 is 8.42 Å². The highest BCUT2D eigenvalue weighted by Gasteiger charge is 2.21. The molecule has 106 valence electrons. The van der Waals surface area contributed by atoms with Gasteiger partial charge in [-0.25, -0.2) is 18.1 Å². The fourth-order valence-electron chi connectivity index (χ4n) is 2.61. The van der Waals surface area contributed by atoms with Crippen LogP contribution in [0.3, 0.4) is 0 Å². The smallest absolute Gasteiger partial charge is 0.242 e. The standard InChI is InChI=1S/C13H21N3O2S/c1-10-3-2-4-11(7-10)8-16-19(17,18)12-5-6-13(14)15-9-12/h5-6,9-11,16H,2-4,7-8H2,1H3,(H2,14,15). The van der Waals surface area contributed by atoms with Crippen LogP contribution < -0.4 is 10.5 Å². The van der Waals surface area contributed by atoms with Crippen molar-refractivity contribution in [2.45, 2.75) is 37.5 Å². The maximum Gasteiger partial charge on any atom is 0.242 e. The second-order valence-electron chi connectivity index (χ2n) is 5.41. The Labute approximate surface area is 114 Å². The summed E-state index contributed by atoms with van der Waals surface area (Å²) in [7, 11) is -3.46. The van der Waals surface area contributed by atoms with Gasteiger partial charge in [0.1, 0.15) is 10.7 Å². The Balaban J connectivity index is 1.96. The van der Waals surface area contributed by atoms with Gasteiger partial charge >= 0.3 is 0 Å². The summed E-state index contributed by atoms with van der Waals surface area (Å²) in [5.74, 6) is 1.46. The SMILES string of the molecule is CC1CCCC(CNS(=O)(=O)c2ccc(N)nc2)C1. The molecule has 2 rings (SSSR count). The van der Waals surface area contributed by atoms with Gasteiger partial charge in [0.25, 0.3) is 0 Å². The van der Waals surface area contributed by atoms with E-state index in [1.807, 2.05) is 0 Å². The number of anilines is 1. The Bertz CT molecular complexity index is 513. The monoisotopic (exact) mass is 283 g/mol. The molecule has 3 N–H and O–H groups in total. The molecule has 1 heterocycles. The summed E-state index contributed by atoms with van der Waals surface area (Å²) in [6.45, 7) is 2.74. The summed E-state index contributed by atoms with van der Waals surface area (Å²) in [4.78, 5) is 3.98. The summed E-state index contributed by atoms with van der Waals surface area (Å²) < 4.78 is 26.8. The Hall–Kier alpha value is -1.14. The average Bonchev–Trinajstić information content (AvgIpc) is 2.37. The molecule has 2 unspecified atom stereocenters. The first-order valence-corrected chi connectivity index (χ1v) is 8.17. The second-order valence-corrected chi connectivity index (χ2v) is 7.18. The zero-order chi connectivity index (χ0) is 13.9. The van der Waals surface area contributed by atoms with Crippen molar-refractivity contribution in [3.63, 3.8) is 0 Å². The Kier molecular flexibility index (Phi) is 4.42. The molecule has 1 aromatic rings. The van der Waals surface area contributed by atoms with E-state index in [1.165, 1.54) is 31.2 Å². The molecule has 0 radical (unpaired) electrons. The Morgan fingerprint density at radius 2 is 2.21 bits per heavy atom. The average molecular weight is 283 g/mol. The maximum atomic E-state index is 12.1. The van der Waals surface area contributed by atoms with Gasteiger partial charge in [-0.2, -0.15) is 0 Å². The van der Waals surface area contributed by atoms with Crippen LogP contribution in [0.25, 0.3) is 0 Å². The topological polar surface area (TPSA) is 85.1 Å². The van der Waals surface area contributed by atoms with E-state index in [0.717, 1.165) is 12.8 Å². The minimum atomic E-state index is -3.46. The van der Waals surface area contributed by atoms with Crippen LogP contribution in [0.15, 0.2) is 23.2 Å². The van der Waals surface area contributed by atoms with E-state index in [0.29, 0.717) is 24.2 Å². The zero-order valence-electron chi connectivity index (χ0n) is 11.2. The molecular formula is C13H21N3O2S. The number of nitrogens with zero attached hydrogens (tertiary/aromatic N) is 1. The minimum Gasteiger partial charge on any atom is -0.384 e. The number of sulfonamides is 1. The van der Waals surface area contributed by atoms with Gasteiger partial charge in [-0.15, -0.1) is 0 Å². The largest absolute Gasteiger partial charge is 0.384 e. The number of nitrogens with one attached hydrogen (secondary N) is 1. The highest BCUT2D eigenvalue weighted by Crippen LogP contribution is 2.28. The minimum absolute atomic E-state index is 0.172. The van der Waals surface area contributed by atoms with Crippen LogP contribution in [0.4, 0.5) is 5.82 Å². The normalized spacial score (nSPS) is 24.3. The van der Waals surface area contributed by atoms with E-state index in [2.05, 4.69) is 16.6 Å². The fourth-order valence-corrected chi connectivity index (χ4v) is 3.67. The number of rotatable bonds is 4. The second kappa shape index (κ2) is 5.88. The van der Waals surface area contributed by atoms with Crippen LogP contribution in [-0.4, -0.2) is 19.9 Å². The molecule has 2 atom stereocenters. The van der Waals surface area contributed by atoms with E-state index in [-0.39, 0.29) is 4.90 Å². The van der Waals surface area contributed by atoms with Gasteiger partial charge in [-0.1, -0.05) is 19.8 Å². The van der Waals surface area contributed by atoms with Crippen LogP contribution in [0.1, 0.15) is 32.6 Å². The zero-order valence-corrected chi connectivity index (χ0v) is 12.0. The van der Waals surface area contributed by atoms with Crippen molar-refractivity contribution in [2.24, 2.45) is 11.8 Å². The quantitative estimate of drug-likeness (QED) is 0.882. The lowest BCUT2D eigenvalue weighted by Crippen LogP contribution is -2.31. The number of pyridine rings is 1. The van der Waals surface area contributed by atoms with Crippen molar-refractivity contribution in [3.05, 3.63) is 18.3 Å². The highest BCUT2D eigenvalue weighted by molar-refractivity contribution is 7.89. The van der Waals surface area contributed by atoms with Crippen LogP contribution in [0, 0.1) is 11.8 Å². The molecule has 0 bridgehead atoms. The fraction of sp³-hybridized carbons (Fsp3) is 0.615. The third kappa shape index (κ3) is 3.91. The predicted octanol–water partition coefficient (Wildman–Crippen LogP) is 1.77. The molecule has 0 aliphatic heterocycles. The number of nitrogen functional groups attached to an aromatic ring is 1. The van der Waals surface area contributed by atoms with Crippen molar-refractivity contribution in [1.29, 1.82) is 0 Å². The number of hydrogen-bond acceptors (Lipinski definition) is 4. The number of hydrogen-bond donors (Lipinski definition) is 2. The summed E-state index contributed by atoms with van der Waals surface area (Å²) in [6, 6.07) is 2.98. The summed E-state index contributed by atoms with van der Waals surface area (Å²) in [6.07, 6.45) is 5.94. The van der Waals surface area contributed by atoms with Gasteiger partial charge in [0.15, 0.2) is 0 Å². The van der Waals surface area contributed by atoms with E-state index < -0.39 is 10.0 Å². The molecule has 5 nitrogen and oxygen atoms in total. The van der Waals surface area contributed by atoms with Gasteiger partial charge in [-0.05, 0) is 36.8 Å². The molecule has 19 heavy (non-hydrogen) atoms. The number of aromatic nitrogens is 1. The first-order chi connectivity index (χ1) is 8.97. The highest BCUT2D eigenvalue weighted by atomic mass is 32.2. The van der Waals surface area contributed by atoms with Gasteiger partial charge < -0.3 is 5.73 Å². The molecule has 6 heteroatoms. The van der Waals surface area contributed by atoms with Crippen LogP contribution in [-0.2, 0) is 10.0 Å². The lowest BCUT2D eigenvalue weighted by molar-refractivity contribution is 0.283. The van der Waals surface area contributed by atoms with E-state index in [4.69, 9.17) is 5.73 Å². The first kappa shape index (κ1) is 14.3. The first-order valence-electron chi connectivity index (χ1n) is 6.68. The molecule has 0 spiro atoms. The number of nitrogens with two attached hydrogens (primary N) is 1. The summed E-state index contributed by atoms with van der Waals surface area (Å²) in [5.41, 5.74) is 5.45. The molecule has 1 fully saturated rings. The van der Waals surface area contributed by atoms with Crippen LogP contribution in [0.2, 0.25) is 0 Å². The van der Waals surface area contributed by atoms with Crippen LogP contribution >= 0.6 is 0 Å². The molecule has 1 saturated carbocycles. The predicted molar refractivity (Wildman–Crippen MR) is 75.0 cm³/mol. The lowest BCUT2D eigenvalue weighted by Gasteiger charge is -2.26. The molecule has 0 amide bonds. The molecular weight excluding hydrogens is 262 g/mol. The van der Waals surface area contributed by atoms with E-state index >= 15 is 0 Å². The molecule has 0 saturated heterocycles. The molecule has 0 aromatic carbocycles. The van der Waals surface area contributed by atoms with Gasteiger partial charge in [0, 0.05) is 12.7 Å². The van der Waals surface area contributed by atoms with Crippen molar-refractivity contribution in [3.8, 4) is 0 Å². The van der Waals surface area contributed by atoms with E-state index in [1.54, 1.807) is 0 Å². The summed E-state index contributed by atoms with van der Waals surface area (Å²) >= 11 is 0. The molecule has 1 aliphatic rings. The Morgan fingerprint density at radius 1 is 1.42 bits per heavy atom. The van der Waals surface area contributed by atoms with Crippen molar-refractivity contribution in [1.82, 2.24) is 9.71 Å². The maximum absolute atomic E-state index is 12.1. The third-order valence-electron chi connectivity index (χ3n) is 3.68. The van der Waals surface area contributed by atoms with Crippen LogP contribution in [0.5, 0.6) is 0 Å². The van der Waals surface area contributed by atoms with Gasteiger partial charge in [0.2, 0.25) is 10.0 Å². The summed E-state index contributed by atoms with van der Waals surface area (Å²) in [5, 5.41) is 0. The van der Waals surface area contributed by atoms with Gasteiger partial charge in [0.05, 0.1) is 0 Å². The lowest BCUT2D eigenvalue weighted by atomic mass is 9.83. The molecule has 1 aliphatic carbocycles. The van der Waals surface area contributed by atoms with Crippen molar-refractivity contribution in [2.75, 3.05) is 12.3 Å². The van der Waals surface area contributed by atoms with Gasteiger partial charge in [-0.3, -0.25) is 0 Å². The Morgan fingerprint density at radius 3 is 2.84 bits per heavy atom. The van der Waals surface area contributed by atoms with E-state index in [9.17, 15) is 8.42 Å². The third-order valence-corrected chi connectivity index (χ3v) is 5.09. The molecule has 1 aromatic heterocycles. The van der Waals surface area contributed by atoms with Crippen molar-refractivity contribution >= 4 is 15.8 Å².